The van der Waals surface area contributed by atoms with Crippen LogP contribution in [-0.4, -0.2) is 6.29 Å². The predicted octanol–water partition coefficient (Wildman–Crippen LogP) is 2.97. The van der Waals surface area contributed by atoms with Gasteiger partial charge in [-0.05, 0) is 44.1 Å². The third-order valence-corrected chi connectivity index (χ3v) is 2.63. The van der Waals surface area contributed by atoms with Gasteiger partial charge < -0.3 is 0 Å². The van der Waals surface area contributed by atoms with Crippen molar-refractivity contribution in [1.29, 1.82) is 0 Å². The SMILES string of the molecule is CC(C=O)=Cc1cc(C)sc1C. The number of rotatable bonds is 2. The van der Waals surface area contributed by atoms with Crippen molar-refractivity contribution < 1.29 is 4.79 Å². The molecule has 0 aromatic carbocycles. The minimum Gasteiger partial charge on any atom is -0.298 e. The van der Waals surface area contributed by atoms with Gasteiger partial charge in [-0.25, -0.2) is 0 Å². The number of aryl methyl sites for hydroxylation is 2. The molecular formula is C10H12OS. The largest absolute Gasteiger partial charge is 0.298 e. The summed E-state index contributed by atoms with van der Waals surface area (Å²) in [5.74, 6) is 0. The first-order valence-electron chi connectivity index (χ1n) is 3.84. The highest BCUT2D eigenvalue weighted by molar-refractivity contribution is 7.12. The van der Waals surface area contributed by atoms with Gasteiger partial charge in [0.1, 0.15) is 6.29 Å². The lowest BCUT2D eigenvalue weighted by Crippen LogP contribution is -1.76. The molecule has 0 spiro atoms. The highest BCUT2D eigenvalue weighted by Gasteiger charge is 1.99. The fourth-order valence-corrected chi connectivity index (χ4v) is 1.98. The van der Waals surface area contributed by atoms with Crippen molar-refractivity contribution in [3.05, 3.63) is 27.0 Å². The molecular weight excluding hydrogens is 168 g/mol. The smallest absolute Gasteiger partial charge is 0.145 e. The Morgan fingerprint density at radius 2 is 2.17 bits per heavy atom. The molecule has 0 bridgehead atoms. The highest BCUT2D eigenvalue weighted by atomic mass is 32.1. The molecule has 0 radical (unpaired) electrons. The maximum atomic E-state index is 10.4. The Balaban J connectivity index is 3.03. The third-order valence-electron chi connectivity index (χ3n) is 1.65. The van der Waals surface area contributed by atoms with Gasteiger partial charge >= 0.3 is 0 Å². The first-order valence-corrected chi connectivity index (χ1v) is 4.65. The van der Waals surface area contributed by atoms with Crippen LogP contribution in [-0.2, 0) is 4.79 Å². The van der Waals surface area contributed by atoms with Crippen LogP contribution in [0.1, 0.15) is 22.2 Å². The van der Waals surface area contributed by atoms with Gasteiger partial charge in [0.15, 0.2) is 0 Å². The lowest BCUT2D eigenvalue weighted by atomic mass is 10.2. The quantitative estimate of drug-likeness (QED) is 0.505. The van der Waals surface area contributed by atoms with E-state index in [0.717, 1.165) is 11.9 Å². The van der Waals surface area contributed by atoms with Crippen LogP contribution in [0.5, 0.6) is 0 Å². The Morgan fingerprint density at radius 1 is 1.50 bits per heavy atom. The number of allylic oxidation sites excluding steroid dienone is 1. The number of hydrogen-bond acceptors (Lipinski definition) is 2. The zero-order valence-electron chi connectivity index (χ0n) is 7.55. The number of aldehydes is 1. The van der Waals surface area contributed by atoms with Crippen molar-refractivity contribution in [2.24, 2.45) is 0 Å². The molecule has 0 aliphatic rings. The molecule has 0 aliphatic heterocycles. The van der Waals surface area contributed by atoms with Crippen molar-refractivity contribution in [1.82, 2.24) is 0 Å². The predicted molar refractivity (Wildman–Crippen MR) is 53.5 cm³/mol. The first kappa shape index (κ1) is 9.20. The van der Waals surface area contributed by atoms with E-state index in [1.54, 1.807) is 11.3 Å². The summed E-state index contributed by atoms with van der Waals surface area (Å²) in [5, 5.41) is 0. The van der Waals surface area contributed by atoms with Gasteiger partial charge in [-0.2, -0.15) is 0 Å². The number of carbonyl (C=O) groups is 1. The van der Waals surface area contributed by atoms with Gasteiger partial charge in [-0.15, -0.1) is 11.3 Å². The molecule has 1 aromatic rings. The lowest BCUT2D eigenvalue weighted by Gasteiger charge is -1.89. The molecule has 0 unspecified atom stereocenters. The summed E-state index contributed by atoms with van der Waals surface area (Å²) in [6.07, 6.45) is 2.80. The highest BCUT2D eigenvalue weighted by Crippen LogP contribution is 2.22. The van der Waals surface area contributed by atoms with Crippen molar-refractivity contribution in [2.75, 3.05) is 0 Å². The minimum atomic E-state index is 0.774. The Kier molecular flexibility index (Phi) is 2.82. The molecule has 2 heteroatoms. The van der Waals surface area contributed by atoms with Crippen LogP contribution < -0.4 is 0 Å². The molecule has 64 valence electrons. The van der Waals surface area contributed by atoms with E-state index < -0.39 is 0 Å². The van der Waals surface area contributed by atoms with E-state index in [2.05, 4.69) is 19.9 Å². The monoisotopic (exact) mass is 180 g/mol. The fraction of sp³-hybridized carbons (Fsp3) is 0.300. The second-order valence-electron chi connectivity index (χ2n) is 2.87. The maximum absolute atomic E-state index is 10.4. The number of carbonyl (C=O) groups excluding carboxylic acids is 1. The molecule has 1 heterocycles. The van der Waals surface area contributed by atoms with E-state index in [1.807, 2.05) is 13.0 Å². The Morgan fingerprint density at radius 3 is 2.58 bits per heavy atom. The van der Waals surface area contributed by atoms with E-state index >= 15 is 0 Å². The van der Waals surface area contributed by atoms with Gasteiger partial charge in [0.2, 0.25) is 0 Å². The summed E-state index contributed by atoms with van der Waals surface area (Å²) < 4.78 is 0. The summed E-state index contributed by atoms with van der Waals surface area (Å²) in [5.41, 5.74) is 1.94. The van der Waals surface area contributed by atoms with E-state index in [-0.39, 0.29) is 0 Å². The third kappa shape index (κ3) is 2.05. The van der Waals surface area contributed by atoms with Crippen molar-refractivity contribution in [3.8, 4) is 0 Å². The topological polar surface area (TPSA) is 17.1 Å². The van der Waals surface area contributed by atoms with Crippen LogP contribution in [0.15, 0.2) is 11.6 Å². The summed E-state index contributed by atoms with van der Waals surface area (Å²) in [4.78, 5) is 12.9. The van der Waals surface area contributed by atoms with E-state index in [1.165, 1.54) is 15.3 Å². The Labute approximate surface area is 76.7 Å². The second kappa shape index (κ2) is 3.68. The molecule has 1 rings (SSSR count). The molecule has 0 fully saturated rings. The number of thiophene rings is 1. The van der Waals surface area contributed by atoms with Crippen LogP contribution in [0.4, 0.5) is 0 Å². The average molecular weight is 180 g/mol. The van der Waals surface area contributed by atoms with E-state index in [9.17, 15) is 4.79 Å². The van der Waals surface area contributed by atoms with Gasteiger partial charge in [0, 0.05) is 9.75 Å². The molecule has 0 aliphatic carbocycles. The fourth-order valence-electron chi connectivity index (χ4n) is 1.07. The van der Waals surface area contributed by atoms with Gasteiger partial charge in [-0.3, -0.25) is 4.79 Å². The molecule has 1 nitrogen and oxygen atoms in total. The molecule has 0 amide bonds. The maximum Gasteiger partial charge on any atom is 0.145 e. The van der Waals surface area contributed by atoms with Crippen LogP contribution >= 0.6 is 11.3 Å². The molecule has 12 heavy (non-hydrogen) atoms. The standard InChI is InChI=1S/C10H12OS/c1-7(6-11)4-10-5-8(2)12-9(10)3/h4-6H,1-3H3. The minimum absolute atomic E-state index is 0.774. The average Bonchev–Trinajstić information content (AvgIpc) is 2.30. The summed E-state index contributed by atoms with van der Waals surface area (Å²) >= 11 is 1.76. The zero-order chi connectivity index (χ0) is 9.14. The van der Waals surface area contributed by atoms with Crippen molar-refractivity contribution in [2.45, 2.75) is 20.8 Å². The van der Waals surface area contributed by atoms with Gasteiger partial charge in [0.25, 0.3) is 0 Å². The Hall–Kier alpha value is -0.890. The molecule has 1 aromatic heterocycles. The van der Waals surface area contributed by atoms with Gasteiger partial charge in [-0.1, -0.05) is 0 Å². The van der Waals surface area contributed by atoms with Crippen molar-refractivity contribution in [3.63, 3.8) is 0 Å². The van der Waals surface area contributed by atoms with Crippen LogP contribution in [0.3, 0.4) is 0 Å². The molecule has 0 atom stereocenters. The summed E-state index contributed by atoms with van der Waals surface area (Å²) in [7, 11) is 0. The van der Waals surface area contributed by atoms with Crippen LogP contribution in [0.2, 0.25) is 0 Å². The van der Waals surface area contributed by atoms with Crippen molar-refractivity contribution >= 4 is 23.7 Å². The first-order chi connectivity index (χ1) is 5.63. The second-order valence-corrected chi connectivity index (χ2v) is 4.34. The normalized spacial score (nSPS) is 11.8. The van der Waals surface area contributed by atoms with Gasteiger partial charge in [0.05, 0.1) is 0 Å². The molecule has 0 saturated carbocycles. The van der Waals surface area contributed by atoms with E-state index in [4.69, 9.17) is 0 Å². The van der Waals surface area contributed by atoms with Crippen LogP contribution in [0.25, 0.3) is 6.08 Å². The molecule has 0 N–H and O–H groups in total. The van der Waals surface area contributed by atoms with E-state index in [0.29, 0.717) is 0 Å². The number of hydrogen-bond donors (Lipinski definition) is 0. The zero-order valence-corrected chi connectivity index (χ0v) is 8.37. The summed E-state index contributed by atoms with van der Waals surface area (Å²) in [6.45, 7) is 5.96. The lowest BCUT2D eigenvalue weighted by molar-refractivity contribution is -0.104. The summed E-state index contributed by atoms with van der Waals surface area (Å²) in [6, 6.07) is 2.10. The Bertz CT molecular complexity index is 321. The molecule has 0 saturated heterocycles. The van der Waals surface area contributed by atoms with Crippen LogP contribution in [0, 0.1) is 13.8 Å².